The monoisotopic (exact) mass is 331 g/mol. The summed E-state index contributed by atoms with van der Waals surface area (Å²) in [6, 6.07) is 18.4. The maximum absolute atomic E-state index is 12.3. The van der Waals surface area contributed by atoms with Crippen LogP contribution < -0.4 is 0 Å². The number of aromatic nitrogens is 2. The van der Waals surface area contributed by atoms with E-state index < -0.39 is 0 Å². The number of amides is 1. The molecule has 0 aliphatic heterocycles. The topological polar surface area (TPSA) is 38.1 Å². The molecule has 0 N–H and O–H groups in total. The third-order valence-electron chi connectivity index (χ3n) is 4.09. The Hall–Kier alpha value is -3.14. The molecular formula is C21H21N3O. The first-order chi connectivity index (χ1) is 12.1. The molecule has 4 heteroatoms. The maximum atomic E-state index is 12.3. The van der Waals surface area contributed by atoms with Gasteiger partial charge in [-0.05, 0) is 28.8 Å². The van der Waals surface area contributed by atoms with Gasteiger partial charge in [-0.1, -0.05) is 48.5 Å². The van der Waals surface area contributed by atoms with Gasteiger partial charge in [0.2, 0.25) is 5.91 Å². The van der Waals surface area contributed by atoms with Gasteiger partial charge in [-0.3, -0.25) is 4.79 Å². The third-order valence-corrected chi connectivity index (χ3v) is 4.09. The van der Waals surface area contributed by atoms with Crippen molar-refractivity contribution in [2.45, 2.75) is 6.54 Å². The highest BCUT2D eigenvalue weighted by atomic mass is 16.2. The Labute approximate surface area is 148 Å². The Morgan fingerprint density at radius 1 is 1.12 bits per heavy atom. The molecule has 0 aliphatic carbocycles. The lowest BCUT2D eigenvalue weighted by atomic mass is 10.0. The van der Waals surface area contributed by atoms with Crippen molar-refractivity contribution < 1.29 is 4.79 Å². The number of hydrogen-bond donors (Lipinski definition) is 0. The number of rotatable bonds is 5. The summed E-state index contributed by atoms with van der Waals surface area (Å²) in [4.78, 5) is 18.2. The molecular weight excluding hydrogens is 310 g/mol. The number of aryl methyl sites for hydroxylation is 1. The van der Waals surface area contributed by atoms with Crippen LogP contribution in [0.1, 0.15) is 11.4 Å². The molecule has 1 heterocycles. The van der Waals surface area contributed by atoms with Crippen molar-refractivity contribution in [3.8, 4) is 11.1 Å². The summed E-state index contributed by atoms with van der Waals surface area (Å²) >= 11 is 0. The summed E-state index contributed by atoms with van der Waals surface area (Å²) in [5, 5.41) is 0. The van der Waals surface area contributed by atoms with E-state index in [0.717, 1.165) is 22.5 Å². The van der Waals surface area contributed by atoms with E-state index in [9.17, 15) is 4.79 Å². The van der Waals surface area contributed by atoms with Gasteiger partial charge in [-0.2, -0.15) is 0 Å². The molecule has 126 valence electrons. The van der Waals surface area contributed by atoms with Crippen LogP contribution >= 0.6 is 0 Å². The molecule has 0 aliphatic rings. The molecule has 1 aromatic heterocycles. The maximum Gasteiger partial charge on any atom is 0.246 e. The van der Waals surface area contributed by atoms with E-state index in [0.29, 0.717) is 6.54 Å². The van der Waals surface area contributed by atoms with E-state index in [1.807, 2.05) is 54.2 Å². The lowest BCUT2D eigenvalue weighted by Crippen LogP contribution is -2.25. The molecule has 4 nitrogen and oxygen atoms in total. The molecule has 0 fully saturated rings. The SMILES string of the molecule is CN(Cc1nccn1C)C(=O)C=Cc1cccc(-c2ccccc2)c1. The zero-order chi connectivity index (χ0) is 17.6. The smallest absolute Gasteiger partial charge is 0.246 e. The van der Waals surface area contributed by atoms with E-state index >= 15 is 0 Å². The van der Waals surface area contributed by atoms with Crippen LogP contribution in [0.15, 0.2) is 73.1 Å². The van der Waals surface area contributed by atoms with E-state index in [1.54, 1.807) is 24.2 Å². The zero-order valence-electron chi connectivity index (χ0n) is 14.5. The Morgan fingerprint density at radius 3 is 2.60 bits per heavy atom. The molecule has 0 atom stereocenters. The van der Waals surface area contributed by atoms with E-state index in [2.05, 4.69) is 29.2 Å². The van der Waals surface area contributed by atoms with Gasteiger partial charge in [0, 0.05) is 32.6 Å². The standard InChI is InChI=1S/C21H21N3O/c1-23-14-13-22-20(23)16-24(2)21(25)12-11-17-7-6-10-19(15-17)18-8-4-3-5-9-18/h3-15H,16H2,1-2H3. The fourth-order valence-corrected chi connectivity index (χ4v) is 2.59. The highest BCUT2D eigenvalue weighted by Gasteiger charge is 2.08. The molecule has 25 heavy (non-hydrogen) atoms. The molecule has 0 spiro atoms. The molecule has 3 aromatic rings. The normalized spacial score (nSPS) is 11.0. The molecule has 3 rings (SSSR count). The van der Waals surface area contributed by atoms with Crippen LogP contribution in [-0.2, 0) is 18.4 Å². The molecule has 0 saturated carbocycles. The van der Waals surface area contributed by atoms with Gasteiger partial charge in [-0.15, -0.1) is 0 Å². The van der Waals surface area contributed by atoms with Gasteiger partial charge in [-0.25, -0.2) is 4.98 Å². The van der Waals surface area contributed by atoms with Gasteiger partial charge in [0.05, 0.1) is 6.54 Å². The zero-order valence-corrected chi connectivity index (χ0v) is 14.5. The van der Waals surface area contributed by atoms with Gasteiger partial charge in [0.15, 0.2) is 0 Å². The number of imidazole rings is 1. The van der Waals surface area contributed by atoms with Crippen LogP contribution in [0, 0.1) is 0 Å². The van der Waals surface area contributed by atoms with Crippen molar-refractivity contribution in [3.05, 3.63) is 84.5 Å². The molecule has 0 bridgehead atoms. The second kappa shape index (κ2) is 7.62. The van der Waals surface area contributed by atoms with Crippen LogP contribution in [0.3, 0.4) is 0 Å². The quantitative estimate of drug-likeness (QED) is 0.668. The van der Waals surface area contributed by atoms with Gasteiger partial charge in [0.1, 0.15) is 5.82 Å². The number of benzene rings is 2. The second-order valence-electron chi connectivity index (χ2n) is 5.97. The summed E-state index contributed by atoms with van der Waals surface area (Å²) in [7, 11) is 3.70. The Bertz CT molecular complexity index is 881. The first-order valence-electron chi connectivity index (χ1n) is 8.18. The molecule has 0 saturated heterocycles. The van der Waals surface area contributed by atoms with Gasteiger partial charge in [0.25, 0.3) is 0 Å². The summed E-state index contributed by atoms with van der Waals surface area (Å²) in [5.74, 6) is 0.809. The lowest BCUT2D eigenvalue weighted by molar-refractivity contribution is -0.125. The fraction of sp³-hybridized carbons (Fsp3) is 0.143. The van der Waals surface area contributed by atoms with Crippen LogP contribution in [0.2, 0.25) is 0 Å². The summed E-state index contributed by atoms with van der Waals surface area (Å²) in [6.45, 7) is 0.483. The van der Waals surface area contributed by atoms with Crippen molar-refractivity contribution in [1.82, 2.24) is 14.5 Å². The number of carbonyl (C=O) groups is 1. The highest BCUT2D eigenvalue weighted by molar-refractivity contribution is 5.91. The van der Waals surface area contributed by atoms with Crippen LogP contribution in [0.25, 0.3) is 17.2 Å². The van der Waals surface area contributed by atoms with Gasteiger partial charge < -0.3 is 9.47 Å². The Morgan fingerprint density at radius 2 is 1.88 bits per heavy atom. The second-order valence-corrected chi connectivity index (χ2v) is 5.97. The summed E-state index contributed by atoms with van der Waals surface area (Å²) < 4.78 is 1.91. The first-order valence-corrected chi connectivity index (χ1v) is 8.18. The summed E-state index contributed by atoms with van der Waals surface area (Å²) in [5.41, 5.74) is 3.30. The minimum Gasteiger partial charge on any atom is -0.337 e. The van der Waals surface area contributed by atoms with E-state index in [-0.39, 0.29) is 5.91 Å². The van der Waals surface area contributed by atoms with Crippen molar-refractivity contribution in [3.63, 3.8) is 0 Å². The first kappa shape index (κ1) is 16.7. The fourth-order valence-electron chi connectivity index (χ4n) is 2.59. The number of likely N-dealkylation sites (N-methyl/N-ethyl adjacent to an activating group) is 1. The predicted octanol–water partition coefficient (Wildman–Crippen LogP) is 3.76. The largest absolute Gasteiger partial charge is 0.337 e. The molecule has 1 amide bonds. The average molecular weight is 331 g/mol. The van der Waals surface area contributed by atoms with Crippen LogP contribution in [0.5, 0.6) is 0 Å². The van der Waals surface area contributed by atoms with Gasteiger partial charge >= 0.3 is 0 Å². The highest BCUT2D eigenvalue weighted by Crippen LogP contribution is 2.20. The van der Waals surface area contributed by atoms with Crippen molar-refractivity contribution in [2.75, 3.05) is 7.05 Å². The number of nitrogens with zero attached hydrogens (tertiary/aromatic N) is 3. The van der Waals surface area contributed by atoms with Crippen LogP contribution in [-0.4, -0.2) is 27.4 Å². The summed E-state index contributed by atoms with van der Waals surface area (Å²) in [6.07, 6.45) is 7.06. The predicted molar refractivity (Wildman–Crippen MR) is 101 cm³/mol. The van der Waals surface area contributed by atoms with E-state index in [1.165, 1.54) is 0 Å². The minimum absolute atomic E-state index is 0.0480. The Kier molecular flexibility index (Phi) is 5.09. The third kappa shape index (κ3) is 4.23. The molecule has 2 aromatic carbocycles. The van der Waals surface area contributed by atoms with Crippen molar-refractivity contribution >= 4 is 12.0 Å². The lowest BCUT2D eigenvalue weighted by Gasteiger charge is -2.14. The minimum atomic E-state index is -0.0480. The molecule has 0 unspecified atom stereocenters. The molecule has 0 radical (unpaired) electrons. The van der Waals surface area contributed by atoms with Crippen molar-refractivity contribution in [1.29, 1.82) is 0 Å². The number of carbonyl (C=O) groups excluding carboxylic acids is 1. The van der Waals surface area contributed by atoms with E-state index in [4.69, 9.17) is 0 Å². The van der Waals surface area contributed by atoms with Crippen molar-refractivity contribution in [2.24, 2.45) is 7.05 Å². The van der Waals surface area contributed by atoms with Crippen LogP contribution in [0.4, 0.5) is 0 Å². The Balaban J connectivity index is 1.69. The number of hydrogen-bond acceptors (Lipinski definition) is 2. The average Bonchev–Trinajstić information content (AvgIpc) is 3.05.